The summed E-state index contributed by atoms with van der Waals surface area (Å²) in [6.07, 6.45) is 13.8. The molecule has 0 aliphatic heterocycles. The molecule has 0 saturated heterocycles. The van der Waals surface area contributed by atoms with E-state index in [-0.39, 0.29) is 6.10 Å². The highest BCUT2D eigenvalue weighted by atomic mass is 16.3. The fraction of sp³-hybridized carbons (Fsp3) is 1.00. The Balaban J connectivity index is 1.94. The predicted octanol–water partition coefficient (Wildman–Crippen LogP) is 3.63. The van der Waals surface area contributed by atoms with Crippen LogP contribution in [0.5, 0.6) is 0 Å². The monoisotopic (exact) mass is 241 g/mol. The first-order valence-corrected chi connectivity index (χ1v) is 7.74. The first-order valence-electron chi connectivity index (χ1n) is 7.74. The van der Waals surface area contributed by atoms with E-state index >= 15 is 0 Å². The van der Waals surface area contributed by atoms with Crippen LogP contribution in [-0.2, 0) is 0 Å². The molecule has 0 aromatic heterocycles. The lowest BCUT2D eigenvalue weighted by Crippen LogP contribution is -2.32. The van der Waals surface area contributed by atoms with Crippen LogP contribution in [0.4, 0.5) is 0 Å². The minimum atomic E-state index is -0.0560. The van der Waals surface area contributed by atoms with Crippen LogP contribution in [0.15, 0.2) is 0 Å². The Hall–Kier alpha value is -0.0800. The van der Waals surface area contributed by atoms with Gasteiger partial charge in [-0.3, -0.25) is 0 Å². The summed E-state index contributed by atoms with van der Waals surface area (Å²) in [6.45, 7) is 3.41. The predicted molar refractivity (Wildman–Crippen MR) is 74.3 cm³/mol. The van der Waals surface area contributed by atoms with Crippen molar-refractivity contribution in [2.24, 2.45) is 0 Å². The molecule has 2 atom stereocenters. The van der Waals surface area contributed by atoms with E-state index in [1.807, 2.05) is 0 Å². The van der Waals surface area contributed by atoms with Crippen molar-refractivity contribution in [1.29, 1.82) is 0 Å². The molecule has 0 spiro atoms. The van der Waals surface area contributed by atoms with Gasteiger partial charge in [-0.2, -0.15) is 0 Å². The molecule has 0 aromatic rings. The van der Waals surface area contributed by atoms with E-state index in [1.165, 1.54) is 57.8 Å². The molecule has 0 aromatic carbocycles. The van der Waals surface area contributed by atoms with Crippen LogP contribution >= 0.6 is 0 Å². The van der Waals surface area contributed by atoms with Crippen LogP contribution in [0.3, 0.4) is 0 Å². The third-order valence-electron chi connectivity index (χ3n) is 3.86. The second-order valence-corrected chi connectivity index (χ2v) is 5.59. The van der Waals surface area contributed by atoms with Gasteiger partial charge in [0.25, 0.3) is 0 Å². The maximum Gasteiger partial charge on any atom is 0.0555 e. The highest BCUT2D eigenvalue weighted by Gasteiger charge is 2.17. The quantitative estimate of drug-likeness (QED) is 0.502. The highest BCUT2D eigenvalue weighted by Crippen LogP contribution is 2.18. The fourth-order valence-corrected chi connectivity index (χ4v) is 2.73. The molecule has 2 heteroatoms. The molecule has 1 aliphatic carbocycles. The van der Waals surface area contributed by atoms with E-state index in [0.717, 1.165) is 19.4 Å². The van der Waals surface area contributed by atoms with Gasteiger partial charge >= 0.3 is 0 Å². The average Bonchev–Trinajstić information content (AvgIpc) is 2.52. The van der Waals surface area contributed by atoms with Crippen LogP contribution in [0.25, 0.3) is 0 Å². The van der Waals surface area contributed by atoms with Crippen LogP contribution in [0.2, 0.25) is 0 Å². The molecule has 1 aliphatic rings. The smallest absolute Gasteiger partial charge is 0.0555 e. The molecule has 0 heterocycles. The summed E-state index contributed by atoms with van der Waals surface area (Å²) < 4.78 is 0. The van der Waals surface area contributed by atoms with Crippen molar-refractivity contribution in [1.82, 2.24) is 5.32 Å². The molecule has 0 radical (unpaired) electrons. The van der Waals surface area contributed by atoms with Gasteiger partial charge in [0.2, 0.25) is 0 Å². The summed E-state index contributed by atoms with van der Waals surface area (Å²) in [7, 11) is 0. The molecule has 17 heavy (non-hydrogen) atoms. The van der Waals surface area contributed by atoms with E-state index < -0.39 is 0 Å². The minimum absolute atomic E-state index is 0.0560. The Morgan fingerprint density at radius 2 is 1.71 bits per heavy atom. The number of aliphatic hydroxyl groups is 1. The van der Waals surface area contributed by atoms with Crippen molar-refractivity contribution in [3.63, 3.8) is 0 Å². The lowest BCUT2D eigenvalue weighted by molar-refractivity contribution is 0.147. The highest BCUT2D eigenvalue weighted by molar-refractivity contribution is 4.75. The summed E-state index contributed by atoms with van der Waals surface area (Å²) in [6, 6.07) is 0.572. The van der Waals surface area contributed by atoms with Crippen molar-refractivity contribution in [2.75, 3.05) is 6.54 Å². The zero-order chi connectivity index (χ0) is 12.3. The largest absolute Gasteiger partial charge is 0.393 e. The van der Waals surface area contributed by atoms with Crippen molar-refractivity contribution in [3.05, 3.63) is 0 Å². The van der Waals surface area contributed by atoms with Gasteiger partial charge in [-0.15, -0.1) is 0 Å². The summed E-state index contributed by atoms with van der Waals surface area (Å²) in [5.41, 5.74) is 0. The molecule has 1 fully saturated rings. The molecular formula is C15H31NO. The van der Waals surface area contributed by atoms with E-state index in [9.17, 15) is 5.11 Å². The first-order chi connectivity index (χ1) is 8.33. The molecule has 102 valence electrons. The maximum atomic E-state index is 9.72. The molecule has 0 bridgehead atoms. The second-order valence-electron chi connectivity index (χ2n) is 5.59. The van der Waals surface area contributed by atoms with Crippen molar-refractivity contribution in [2.45, 2.75) is 89.7 Å². The van der Waals surface area contributed by atoms with E-state index in [4.69, 9.17) is 0 Å². The second kappa shape index (κ2) is 9.90. The third kappa shape index (κ3) is 7.77. The SMILES string of the molecule is CCCCCCCCN[C@@H]1CCCC[C@H](O)C1. The minimum Gasteiger partial charge on any atom is -0.393 e. The van der Waals surface area contributed by atoms with Gasteiger partial charge in [0.15, 0.2) is 0 Å². The van der Waals surface area contributed by atoms with Gasteiger partial charge in [0, 0.05) is 6.04 Å². The first kappa shape index (κ1) is 15.0. The van der Waals surface area contributed by atoms with Crippen LogP contribution in [-0.4, -0.2) is 23.8 Å². The number of rotatable bonds is 8. The number of hydrogen-bond donors (Lipinski definition) is 2. The van der Waals surface area contributed by atoms with Crippen LogP contribution in [0.1, 0.15) is 77.6 Å². The van der Waals surface area contributed by atoms with Gasteiger partial charge in [-0.25, -0.2) is 0 Å². The fourth-order valence-electron chi connectivity index (χ4n) is 2.73. The summed E-state index contributed by atoms with van der Waals surface area (Å²) >= 11 is 0. The molecule has 0 unspecified atom stereocenters. The van der Waals surface area contributed by atoms with Crippen molar-refractivity contribution in [3.8, 4) is 0 Å². The Morgan fingerprint density at radius 3 is 2.53 bits per heavy atom. The number of nitrogens with one attached hydrogen (secondary N) is 1. The molecule has 0 amide bonds. The van der Waals surface area contributed by atoms with Gasteiger partial charge < -0.3 is 10.4 Å². The Labute approximate surface area is 107 Å². The molecule has 2 N–H and O–H groups in total. The number of aliphatic hydroxyl groups excluding tert-OH is 1. The van der Waals surface area contributed by atoms with Gasteiger partial charge in [0.05, 0.1) is 6.10 Å². The lowest BCUT2D eigenvalue weighted by atomic mass is 10.1. The van der Waals surface area contributed by atoms with Crippen LogP contribution < -0.4 is 5.32 Å². The van der Waals surface area contributed by atoms with Gasteiger partial charge in [0.1, 0.15) is 0 Å². The average molecular weight is 241 g/mol. The topological polar surface area (TPSA) is 32.3 Å². The third-order valence-corrected chi connectivity index (χ3v) is 3.86. The van der Waals surface area contributed by atoms with Gasteiger partial charge in [-0.1, -0.05) is 51.9 Å². The number of unbranched alkanes of at least 4 members (excludes halogenated alkanes) is 5. The molecule has 1 rings (SSSR count). The normalized spacial score (nSPS) is 25.8. The van der Waals surface area contributed by atoms with E-state index in [1.54, 1.807) is 0 Å². The Bertz CT molecular complexity index is 172. The standard InChI is InChI=1S/C15H31NO/c1-2-3-4-5-6-9-12-16-14-10-7-8-11-15(17)13-14/h14-17H,2-13H2,1H3/t14-,15+/m1/s1. The molecular weight excluding hydrogens is 210 g/mol. The van der Waals surface area contributed by atoms with E-state index in [2.05, 4.69) is 12.2 Å². The van der Waals surface area contributed by atoms with Crippen LogP contribution in [0, 0.1) is 0 Å². The van der Waals surface area contributed by atoms with Gasteiger partial charge in [-0.05, 0) is 32.2 Å². The van der Waals surface area contributed by atoms with Crippen molar-refractivity contribution >= 4 is 0 Å². The number of hydrogen-bond acceptors (Lipinski definition) is 2. The van der Waals surface area contributed by atoms with E-state index in [0.29, 0.717) is 6.04 Å². The Kier molecular flexibility index (Phi) is 8.72. The zero-order valence-electron chi connectivity index (χ0n) is 11.6. The molecule has 2 nitrogen and oxygen atoms in total. The lowest BCUT2D eigenvalue weighted by Gasteiger charge is -2.18. The summed E-state index contributed by atoms with van der Waals surface area (Å²) in [5, 5.41) is 13.3. The molecule has 1 saturated carbocycles. The summed E-state index contributed by atoms with van der Waals surface area (Å²) in [4.78, 5) is 0. The maximum absolute atomic E-state index is 9.72. The summed E-state index contributed by atoms with van der Waals surface area (Å²) in [5.74, 6) is 0. The van der Waals surface area contributed by atoms with Crippen molar-refractivity contribution < 1.29 is 5.11 Å². The zero-order valence-corrected chi connectivity index (χ0v) is 11.6. The Morgan fingerprint density at radius 1 is 1.00 bits per heavy atom.